The Labute approximate surface area is 185 Å². The summed E-state index contributed by atoms with van der Waals surface area (Å²) < 4.78 is 0. The summed E-state index contributed by atoms with van der Waals surface area (Å²) >= 11 is 1.58. The molecule has 0 atom stereocenters. The first kappa shape index (κ1) is 18.6. The summed E-state index contributed by atoms with van der Waals surface area (Å²) in [6, 6.07) is 15.9. The Balaban J connectivity index is 1.64. The van der Waals surface area contributed by atoms with Gasteiger partial charge in [0, 0.05) is 34.9 Å². The molecule has 0 spiro atoms. The van der Waals surface area contributed by atoms with Crippen LogP contribution >= 0.6 is 11.3 Å². The van der Waals surface area contributed by atoms with Gasteiger partial charge in [-0.25, -0.2) is 9.97 Å². The zero-order valence-corrected chi connectivity index (χ0v) is 17.8. The molecule has 32 heavy (non-hydrogen) atoms. The summed E-state index contributed by atoms with van der Waals surface area (Å²) in [5, 5.41) is 9.67. The van der Waals surface area contributed by atoms with E-state index < -0.39 is 0 Å². The van der Waals surface area contributed by atoms with Gasteiger partial charge in [0.15, 0.2) is 0 Å². The molecule has 7 nitrogen and oxygen atoms in total. The Morgan fingerprint density at radius 3 is 2.66 bits per heavy atom. The minimum atomic E-state index is -0.217. The van der Waals surface area contributed by atoms with Crippen LogP contribution in [-0.4, -0.2) is 30.1 Å². The van der Waals surface area contributed by atoms with E-state index >= 15 is 0 Å². The second kappa shape index (κ2) is 7.21. The highest BCUT2D eigenvalue weighted by Crippen LogP contribution is 2.36. The van der Waals surface area contributed by atoms with Crippen LogP contribution < -0.4 is 5.56 Å². The van der Waals surface area contributed by atoms with Gasteiger partial charge in [-0.1, -0.05) is 12.1 Å². The fourth-order valence-electron chi connectivity index (χ4n) is 3.86. The van der Waals surface area contributed by atoms with Gasteiger partial charge in [-0.2, -0.15) is 5.10 Å². The van der Waals surface area contributed by atoms with Crippen molar-refractivity contribution in [2.24, 2.45) is 0 Å². The number of thiazole rings is 1. The third-order valence-electron chi connectivity index (χ3n) is 5.39. The maximum atomic E-state index is 12.7. The Hall–Kier alpha value is -4.17. The third-order valence-corrected chi connectivity index (χ3v) is 6.31. The monoisotopic (exact) mass is 436 g/mol. The van der Waals surface area contributed by atoms with Crippen LogP contribution in [0.1, 0.15) is 5.01 Å². The molecule has 0 aliphatic heterocycles. The summed E-state index contributed by atoms with van der Waals surface area (Å²) in [6.45, 7) is 1.97. The van der Waals surface area contributed by atoms with Gasteiger partial charge >= 0.3 is 0 Å². The van der Waals surface area contributed by atoms with E-state index in [1.165, 1.54) is 0 Å². The van der Waals surface area contributed by atoms with Crippen LogP contribution in [0.15, 0.2) is 71.9 Å². The summed E-state index contributed by atoms with van der Waals surface area (Å²) in [7, 11) is 0. The fraction of sp³-hybridized carbons (Fsp3) is 0.0417. The molecule has 1 aromatic carbocycles. The molecule has 0 saturated carbocycles. The number of nitrogens with one attached hydrogen (secondary N) is 2. The zero-order chi connectivity index (χ0) is 21.7. The van der Waals surface area contributed by atoms with Crippen molar-refractivity contribution in [3.63, 3.8) is 0 Å². The van der Waals surface area contributed by atoms with Crippen LogP contribution in [0.25, 0.3) is 54.9 Å². The molecule has 6 aromatic rings. The van der Waals surface area contributed by atoms with Crippen molar-refractivity contribution in [2.75, 3.05) is 0 Å². The second-order valence-electron chi connectivity index (χ2n) is 7.46. The summed E-state index contributed by atoms with van der Waals surface area (Å²) in [4.78, 5) is 30.3. The number of aryl methyl sites for hydroxylation is 1. The lowest BCUT2D eigenvalue weighted by molar-refractivity contribution is 1.09. The number of aromatic nitrogens is 6. The number of rotatable bonds is 3. The van der Waals surface area contributed by atoms with Gasteiger partial charge in [-0.3, -0.25) is 14.9 Å². The lowest BCUT2D eigenvalue weighted by atomic mass is 9.99. The lowest BCUT2D eigenvalue weighted by Gasteiger charge is -2.11. The molecule has 0 bridgehead atoms. The van der Waals surface area contributed by atoms with Gasteiger partial charge in [0.25, 0.3) is 5.56 Å². The quantitative estimate of drug-likeness (QED) is 0.408. The van der Waals surface area contributed by atoms with Crippen LogP contribution in [0.4, 0.5) is 0 Å². The molecule has 0 amide bonds. The van der Waals surface area contributed by atoms with Crippen LogP contribution in [0.2, 0.25) is 0 Å². The lowest BCUT2D eigenvalue weighted by Crippen LogP contribution is -2.10. The number of hydrogen-bond donors (Lipinski definition) is 2. The van der Waals surface area contributed by atoms with E-state index in [4.69, 9.17) is 4.98 Å². The molecular formula is C24H16N6OS. The Bertz CT molecular complexity index is 1670. The van der Waals surface area contributed by atoms with E-state index in [-0.39, 0.29) is 5.56 Å². The van der Waals surface area contributed by atoms with Crippen LogP contribution in [0, 0.1) is 6.92 Å². The molecule has 154 valence electrons. The highest BCUT2D eigenvalue weighted by Gasteiger charge is 2.16. The van der Waals surface area contributed by atoms with Crippen molar-refractivity contribution in [1.82, 2.24) is 30.1 Å². The van der Waals surface area contributed by atoms with E-state index in [9.17, 15) is 4.79 Å². The van der Waals surface area contributed by atoms with E-state index in [0.29, 0.717) is 16.9 Å². The highest BCUT2D eigenvalue weighted by molar-refractivity contribution is 7.15. The maximum absolute atomic E-state index is 12.7. The molecule has 6 rings (SSSR count). The van der Waals surface area contributed by atoms with Crippen molar-refractivity contribution in [3.05, 3.63) is 82.5 Å². The summed E-state index contributed by atoms with van der Waals surface area (Å²) in [5.41, 5.74) is 5.21. The Morgan fingerprint density at radius 2 is 1.84 bits per heavy atom. The van der Waals surface area contributed by atoms with Crippen LogP contribution in [0.5, 0.6) is 0 Å². The molecule has 5 aromatic heterocycles. The molecule has 0 unspecified atom stereocenters. The Morgan fingerprint density at radius 1 is 0.938 bits per heavy atom. The molecule has 0 radical (unpaired) electrons. The smallest absolute Gasteiger partial charge is 0.259 e. The molecule has 8 heteroatoms. The maximum Gasteiger partial charge on any atom is 0.259 e. The number of hydrogen-bond acceptors (Lipinski definition) is 6. The number of H-pyrrole nitrogens is 2. The molecule has 5 heterocycles. The molecule has 0 aliphatic rings. The predicted octanol–water partition coefficient (Wildman–Crippen LogP) is 4.96. The SMILES string of the molecule is Cc1ncc(-c2nc3[nH]c(=O)c(-c4ccn[nH]4)cc3cc2-c2ccc3ncccc3c2)s1. The molecular weight excluding hydrogens is 420 g/mol. The molecule has 0 fully saturated rings. The predicted molar refractivity (Wildman–Crippen MR) is 127 cm³/mol. The zero-order valence-electron chi connectivity index (χ0n) is 17.0. The first-order valence-corrected chi connectivity index (χ1v) is 10.8. The van der Waals surface area contributed by atoms with E-state index in [0.717, 1.165) is 43.0 Å². The van der Waals surface area contributed by atoms with E-state index in [1.54, 1.807) is 29.8 Å². The van der Waals surface area contributed by atoms with Gasteiger partial charge in [0.1, 0.15) is 5.65 Å². The largest absolute Gasteiger partial charge is 0.306 e. The fourth-order valence-corrected chi connectivity index (χ4v) is 4.64. The topological polar surface area (TPSA) is 100 Å². The number of benzene rings is 1. The third kappa shape index (κ3) is 3.09. The van der Waals surface area contributed by atoms with Crippen LogP contribution in [-0.2, 0) is 0 Å². The van der Waals surface area contributed by atoms with Crippen molar-refractivity contribution in [2.45, 2.75) is 6.92 Å². The first-order valence-electron chi connectivity index (χ1n) is 10.0. The molecule has 0 aliphatic carbocycles. The van der Waals surface area contributed by atoms with Gasteiger partial charge in [-0.05, 0) is 48.9 Å². The number of nitrogens with zero attached hydrogens (tertiary/aromatic N) is 4. The Kier molecular flexibility index (Phi) is 4.19. The van der Waals surface area contributed by atoms with Gasteiger partial charge in [0.05, 0.1) is 32.4 Å². The number of aromatic amines is 2. The minimum absolute atomic E-state index is 0.217. The van der Waals surface area contributed by atoms with Gasteiger partial charge in [-0.15, -0.1) is 11.3 Å². The summed E-state index contributed by atoms with van der Waals surface area (Å²) in [6.07, 6.45) is 5.25. The van der Waals surface area contributed by atoms with E-state index in [1.807, 2.05) is 37.4 Å². The normalized spacial score (nSPS) is 11.4. The van der Waals surface area contributed by atoms with E-state index in [2.05, 4.69) is 43.3 Å². The standard InChI is InChI=1S/C24H16N6OS/c1-13-26-12-21(32-13)22-17(14-4-5-19-15(9-14)3-2-7-25-19)10-16-11-18(20-6-8-27-30-20)24(31)29-23(16)28-22/h2-12H,1H3,(H,27,30)(H,28,29,31). The molecule has 2 N–H and O–H groups in total. The van der Waals surface area contributed by atoms with Gasteiger partial charge < -0.3 is 4.98 Å². The number of fused-ring (bicyclic) bond motifs is 2. The molecule has 0 saturated heterocycles. The number of pyridine rings is 3. The van der Waals surface area contributed by atoms with Gasteiger partial charge in [0.2, 0.25) is 0 Å². The minimum Gasteiger partial charge on any atom is -0.306 e. The van der Waals surface area contributed by atoms with Crippen molar-refractivity contribution in [3.8, 4) is 33.0 Å². The average Bonchev–Trinajstić information content (AvgIpc) is 3.49. The first-order chi connectivity index (χ1) is 15.7. The van der Waals surface area contributed by atoms with Crippen molar-refractivity contribution < 1.29 is 0 Å². The van der Waals surface area contributed by atoms with Crippen LogP contribution in [0.3, 0.4) is 0 Å². The second-order valence-corrected chi connectivity index (χ2v) is 8.69. The average molecular weight is 437 g/mol. The summed E-state index contributed by atoms with van der Waals surface area (Å²) in [5.74, 6) is 0. The highest BCUT2D eigenvalue weighted by atomic mass is 32.1. The van der Waals surface area contributed by atoms with Crippen molar-refractivity contribution >= 4 is 33.3 Å². The van der Waals surface area contributed by atoms with Crippen molar-refractivity contribution in [1.29, 1.82) is 0 Å².